The number of amides is 2. The lowest BCUT2D eigenvalue weighted by Gasteiger charge is -2.12. The number of pyridine rings is 1. The number of nitrogens with one attached hydrogen (secondary N) is 1. The van der Waals surface area contributed by atoms with Gasteiger partial charge in [0.2, 0.25) is 0 Å². The highest BCUT2D eigenvalue weighted by Gasteiger charge is 2.35. The van der Waals surface area contributed by atoms with Crippen LogP contribution >= 0.6 is 11.3 Å². The number of furan rings is 1. The van der Waals surface area contributed by atoms with E-state index < -0.39 is 28.6 Å². The third kappa shape index (κ3) is 5.63. The number of rotatable bonds is 8. The maximum absolute atomic E-state index is 13.8. The second kappa shape index (κ2) is 10.9. The van der Waals surface area contributed by atoms with Gasteiger partial charge in [-0.25, -0.2) is 4.98 Å². The summed E-state index contributed by atoms with van der Waals surface area (Å²) in [5.41, 5.74) is 5.50. The number of aryl methyl sites for hydroxylation is 2. The van der Waals surface area contributed by atoms with E-state index in [4.69, 9.17) is 14.9 Å². The summed E-state index contributed by atoms with van der Waals surface area (Å²) in [5.74, 6) is -1.41. The van der Waals surface area contributed by atoms with Crippen molar-refractivity contribution >= 4 is 44.7 Å². The highest BCUT2D eigenvalue weighted by atomic mass is 32.1. The van der Waals surface area contributed by atoms with Gasteiger partial charge in [-0.3, -0.25) is 24.4 Å². The Balaban J connectivity index is 1.48. The van der Waals surface area contributed by atoms with Gasteiger partial charge in [-0.05, 0) is 49.7 Å². The first-order valence-electron chi connectivity index (χ1n) is 12.4. The number of benzene rings is 1. The zero-order chi connectivity index (χ0) is 31.2. The molecule has 0 aliphatic rings. The molecule has 12 nitrogen and oxygen atoms in total. The molecule has 5 aromatic rings. The first kappa shape index (κ1) is 29.2. The van der Waals surface area contributed by atoms with E-state index in [2.05, 4.69) is 15.4 Å². The van der Waals surface area contributed by atoms with Gasteiger partial charge in [0, 0.05) is 35.3 Å². The summed E-state index contributed by atoms with van der Waals surface area (Å²) >= 11 is 0.615. The maximum Gasteiger partial charge on any atom is 0.433 e. The van der Waals surface area contributed by atoms with Crippen molar-refractivity contribution in [3.63, 3.8) is 0 Å². The Morgan fingerprint density at radius 3 is 2.53 bits per heavy atom. The minimum absolute atomic E-state index is 0.0499. The Kier molecular flexibility index (Phi) is 7.39. The van der Waals surface area contributed by atoms with Crippen molar-refractivity contribution in [2.24, 2.45) is 12.8 Å². The Morgan fingerprint density at radius 1 is 1.19 bits per heavy atom. The number of ether oxygens (including phenoxy) is 1. The van der Waals surface area contributed by atoms with E-state index in [9.17, 15) is 32.9 Å². The number of hydrogen-bond acceptors (Lipinski definition) is 9. The molecule has 0 saturated carbocycles. The van der Waals surface area contributed by atoms with Gasteiger partial charge in [-0.1, -0.05) is 0 Å². The molecule has 2 amide bonds. The van der Waals surface area contributed by atoms with E-state index in [-0.39, 0.29) is 50.2 Å². The van der Waals surface area contributed by atoms with E-state index in [1.165, 1.54) is 41.2 Å². The number of nitrogens with two attached hydrogens (primary N) is 1. The third-order valence-electron chi connectivity index (χ3n) is 6.57. The number of hydrogen-bond donors (Lipinski definition) is 2. The van der Waals surface area contributed by atoms with Gasteiger partial charge in [-0.15, -0.1) is 11.3 Å². The van der Waals surface area contributed by atoms with Crippen molar-refractivity contribution in [3.8, 4) is 16.9 Å². The van der Waals surface area contributed by atoms with Crippen LogP contribution in [0.4, 0.5) is 24.5 Å². The van der Waals surface area contributed by atoms with Crippen LogP contribution in [-0.2, 0) is 19.8 Å². The molecule has 0 atom stereocenters. The predicted molar refractivity (Wildman–Crippen MR) is 149 cm³/mol. The zero-order valence-electron chi connectivity index (χ0n) is 22.6. The van der Waals surface area contributed by atoms with Crippen LogP contribution in [0.3, 0.4) is 0 Å². The summed E-state index contributed by atoms with van der Waals surface area (Å²) in [6.07, 6.45) is -3.41. The first-order valence-corrected chi connectivity index (χ1v) is 13.2. The number of nitro groups is 1. The summed E-state index contributed by atoms with van der Waals surface area (Å²) < 4.78 is 54.0. The van der Waals surface area contributed by atoms with Crippen molar-refractivity contribution in [2.45, 2.75) is 26.6 Å². The number of halogens is 3. The van der Waals surface area contributed by atoms with Crippen LogP contribution < -0.4 is 15.8 Å². The number of aromatic nitrogens is 3. The molecule has 222 valence electrons. The number of thiophene rings is 1. The van der Waals surface area contributed by atoms with E-state index in [1.54, 1.807) is 20.9 Å². The number of fused-ring (bicyclic) bond motifs is 1. The molecule has 0 bridgehead atoms. The monoisotopic (exact) mass is 614 g/mol. The fourth-order valence-corrected chi connectivity index (χ4v) is 5.35. The molecule has 4 aromatic heterocycles. The number of carbonyl (C=O) groups is 2. The quantitative estimate of drug-likeness (QED) is 0.164. The maximum atomic E-state index is 13.8. The standard InChI is InChI=1S/C27H21F3N6O6S/c1-12-8-14(4-6-18(12)36(39)40)41-11-15-5-7-19(42-15)25(38)34-22-21-16(17-10-32-35(3)13(17)2)9-20(27(28,29)30)33-26(21)43-23(22)24(31)37/h4-10H,11H2,1-3H3,(H2,31,37)(H,34,38). The molecular weight excluding hydrogens is 593 g/mol. The van der Waals surface area contributed by atoms with Crippen LogP contribution in [0, 0.1) is 24.0 Å². The Bertz CT molecular complexity index is 1930. The number of carbonyl (C=O) groups excluding carboxylic acids is 2. The average molecular weight is 615 g/mol. The molecule has 0 spiro atoms. The molecule has 3 N–H and O–H groups in total. The van der Waals surface area contributed by atoms with E-state index in [0.29, 0.717) is 33.9 Å². The van der Waals surface area contributed by atoms with E-state index >= 15 is 0 Å². The highest BCUT2D eigenvalue weighted by molar-refractivity contribution is 7.21. The fraction of sp³-hybridized carbons (Fsp3) is 0.185. The third-order valence-corrected chi connectivity index (χ3v) is 7.67. The Labute approximate surface area is 244 Å². The van der Waals surface area contributed by atoms with Crippen molar-refractivity contribution in [2.75, 3.05) is 5.32 Å². The van der Waals surface area contributed by atoms with Crippen LogP contribution in [-0.4, -0.2) is 31.5 Å². The lowest BCUT2D eigenvalue weighted by atomic mass is 10.0. The fourth-order valence-electron chi connectivity index (χ4n) is 4.34. The van der Waals surface area contributed by atoms with Crippen molar-refractivity contribution < 1.29 is 36.8 Å². The molecule has 4 heterocycles. The minimum atomic E-state index is -4.79. The van der Waals surface area contributed by atoms with Crippen molar-refractivity contribution in [3.05, 3.63) is 86.1 Å². The first-order chi connectivity index (χ1) is 20.2. The molecule has 0 aliphatic carbocycles. The number of primary amides is 1. The van der Waals surface area contributed by atoms with Crippen LogP contribution in [0.2, 0.25) is 0 Å². The summed E-state index contributed by atoms with van der Waals surface area (Å²) in [6, 6.07) is 7.87. The van der Waals surface area contributed by atoms with Crippen molar-refractivity contribution in [1.82, 2.24) is 14.8 Å². The van der Waals surface area contributed by atoms with Gasteiger partial charge in [-0.2, -0.15) is 18.3 Å². The highest BCUT2D eigenvalue weighted by Crippen LogP contribution is 2.44. The molecule has 43 heavy (non-hydrogen) atoms. The number of alkyl halides is 3. The van der Waals surface area contributed by atoms with E-state index in [0.717, 1.165) is 6.07 Å². The Morgan fingerprint density at radius 2 is 1.93 bits per heavy atom. The molecule has 0 aliphatic heterocycles. The van der Waals surface area contributed by atoms with Gasteiger partial charge in [0.15, 0.2) is 5.76 Å². The number of anilines is 1. The molecule has 5 rings (SSSR count). The minimum Gasteiger partial charge on any atom is -0.486 e. The SMILES string of the molecule is Cc1cc(OCc2ccc(C(=O)Nc3c(C(N)=O)sc4nc(C(F)(F)F)cc(-c5cnn(C)c5C)c34)o2)ccc1[N+](=O)[O-]. The topological polar surface area (TPSA) is 168 Å². The van der Waals surface area contributed by atoms with Crippen LogP contribution in [0.15, 0.2) is 47.0 Å². The summed E-state index contributed by atoms with van der Waals surface area (Å²) in [4.78, 5) is 39.4. The molecule has 0 fully saturated rings. The van der Waals surface area contributed by atoms with Gasteiger partial charge in [0.05, 0.1) is 16.8 Å². The largest absolute Gasteiger partial charge is 0.486 e. The summed E-state index contributed by atoms with van der Waals surface area (Å²) in [7, 11) is 1.62. The van der Waals surface area contributed by atoms with Crippen LogP contribution in [0.25, 0.3) is 21.3 Å². The van der Waals surface area contributed by atoms with E-state index in [1.807, 2.05) is 0 Å². The Hall–Kier alpha value is -5.25. The molecule has 0 radical (unpaired) electrons. The van der Waals surface area contributed by atoms with Gasteiger partial charge in [0.1, 0.15) is 33.5 Å². The predicted octanol–water partition coefficient (Wildman–Crippen LogP) is 5.76. The lowest BCUT2D eigenvalue weighted by molar-refractivity contribution is -0.385. The molecular formula is C27H21F3N6O6S. The summed E-state index contributed by atoms with van der Waals surface area (Å²) in [6.45, 7) is 3.11. The van der Waals surface area contributed by atoms with Gasteiger partial charge in [0.25, 0.3) is 17.5 Å². The zero-order valence-corrected chi connectivity index (χ0v) is 23.4. The molecule has 0 saturated heterocycles. The van der Waals surface area contributed by atoms with Crippen LogP contribution in [0.5, 0.6) is 5.75 Å². The summed E-state index contributed by atoms with van der Waals surface area (Å²) in [5, 5.41) is 17.8. The van der Waals surface area contributed by atoms with Gasteiger partial charge >= 0.3 is 6.18 Å². The average Bonchev–Trinajstić information content (AvgIpc) is 3.64. The smallest absolute Gasteiger partial charge is 0.433 e. The van der Waals surface area contributed by atoms with Crippen LogP contribution in [0.1, 0.15) is 42.9 Å². The normalized spacial score (nSPS) is 11.6. The molecule has 1 aromatic carbocycles. The second-order valence-electron chi connectivity index (χ2n) is 9.38. The number of nitro benzene ring substituents is 1. The molecule has 0 unspecified atom stereocenters. The molecule has 16 heteroatoms. The van der Waals surface area contributed by atoms with Crippen molar-refractivity contribution in [1.29, 1.82) is 0 Å². The lowest BCUT2D eigenvalue weighted by Crippen LogP contribution is -2.16. The number of nitrogens with zero attached hydrogens (tertiary/aromatic N) is 4. The van der Waals surface area contributed by atoms with Gasteiger partial charge < -0.3 is 20.2 Å². The second-order valence-corrected chi connectivity index (χ2v) is 10.4.